The van der Waals surface area contributed by atoms with Gasteiger partial charge in [0.25, 0.3) is 5.91 Å². The predicted octanol–water partition coefficient (Wildman–Crippen LogP) is 2.47. The number of aryl methyl sites for hydroxylation is 1. The summed E-state index contributed by atoms with van der Waals surface area (Å²) in [6.07, 6.45) is 1.27. The average molecular weight is 341 g/mol. The van der Waals surface area contributed by atoms with E-state index in [0.717, 1.165) is 29.2 Å². The Labute approximate surface area is 144 Å². The van der Waals surface area contributed by atoms with Gasteiger partial charge in [-0.1, -0.05) is 12.1 Å². The number of carbonyl (C=O) groups excluding carboxylic acids is 2. The molecule has 2 fully saturated rings. The van der Waals surface area contributed by atoms with E-state index in [1.807, 2.05) is 52.4 Å². The van der Waals surface area contributed by atoms with Gasteiger partial charge in [0.15, 0.2) is 0 Å². The number of carbonyl (C=O) groups is 2. The van der Waals surface area contributed by atoms with Crippen molar-refractivity contribution in [2.45, 2.75) is 38.4 Å². The highest BCUT2D eigenvalue weighted by atomic mass is 32.1. The largest absolute Gasteiger partial charge is 0.332 e. The third kappa shape index (κ3) is 2.60. The van der Waals surface area contributed by atoms with Crippen LogP contribution in [0.3, 0.4) is 0 Å². The Morgan fingerprint density at radius 2 is 2.17 bits per heavy atom. The fourth-order valence-corrected chi connectivity index (χ4v) is 4.47. The van der Waals surface area contributed by atoms with Gasteiger partial charge in [-0.25, -0.2) is 0 Å². The van der Waals surface area contributed by atoms with Crippen LogP contribution in [0.2, 0.25) is 0 Å². The summed E-state index contributed by atoms with van der Waals surface area (Å²) >= 11 is 1.46. The predicted molar refractivity (Wildman–Crippen MR) is 91.7 cm³/mol. The standard InChI is InChI=1S/C18H19N3O2S/c1-12-4-2-5-13(19-12)11-21-14-7-8-20(15(14)10-17(21)22)18(23)16-6-3-9-24-16/h2-6,9,14-15H,7-8,10-11H2,1H3/t14-,15+/m1/s1. The van der Waals surface area contributed by atoms with Gasteiger partial charge in [0, 0.05) is 18.7 Å². The quantitative estimate of drug-likeness (QED) is 0.862. The molecule has 5 nitrogen and oxygen atoms in total. The maximum atomic E-state index is 12.7. The summed E-state index contributed by atoms with van der Waals surface area (Å²) in [5.74, 6) is 0.179. The van der Waals surface area contributed by atoms with Crippen molar-refractivity contribution in [3.05, 3.63) is 52.0 Å². The van der Waals surface area contributed by atoms with Gasteiger partial charge in [0.05, 0.1) is 29.2 Å². The number of fused-ring (bicyclic) bond motifs is 1. The van der Waals surface area contributed by atoms with Crippen molar-refractivity contribution < 1.29 is 9.59 Å². The van der Waals surface area contributed by atoms with Crippen molar-refractivity contribution in [1.82, 2.24) is 14.8 Å². The molecule has 0 unspecified atom stereocenters. The average Bonchev–Trinajstić information content (AvgIpc) is 3.26. The molecule has 0 radical (unpaired) electrons. The Balaban J connectivity index is 1.52. The van der Waals surface area contributed by atoms with Gasteiger partial charge in [0.2, 0.25) is 5.91 Å². The third-order valence-corrected chi connectivity index (χ3v) is 5.74. The lowest BCUT2D eigenvalue weighted by atomic mass is 10.1. The van der Waals surface area contributed by atoms with E-state index in [2.05, 4.69) is 4.98 Å². The number of hydrogen-bond acceptors (Lipinski definition) is 4. The summed E-state index contributed by atoms with van der Waals surface area (Å²) in [6.45, 7) is 3.20. The number of thiophene rings is 1. The second-order valence-corrected chi connectivity index (χ2v) is 7.34. The zero-order valence-electron chi connectivity index (χ0n) is 13.5. The first kappa shape index (κ1) is 15.3. The molecule has 0 bridgehead atoms. The van der Waals surface area contributed by atoms with Crippen LogP contribution in [-0.4, -0.2) is 45.2 Å². The van der Waals surface area contributed by atoms with Crippen LogP contribution in [0.5, 0.6) is 0 Å². The van der Waals surface area contributed by atoms with Gasteiger partial charge in [-0.2, -0.15) is 0 Å². The number of hydrogen-bond donors (Lipinski definition) is 0. The Kier molecular flexibility index (Phi) is 3.84. The van der Waals surface area contributed by atoms with Crippen LogP contribution in [0.25, 0.3) is 0 Å². The number of aromatic nitrogens is 1. The van der Waals surface area contributed by atoms with Gasteiger partial charge in [0.1, 0.15) is 0 Å². The Morgan fingerprint density at radius 3 is 2.92 bits per heavy atom. The molecule has 2 aromatic rings. The molecule has 2 aromatic heterocycles. The van der Waals surface area contributed by atoms with Crippen LogP contribution in [0, 0.1) is 6.92 Å². The molecule has 2 saturated heterocycles. The second kappa shape index (κ2) is 6.02. The summed E-state index contributed by atoms with van der Waals surface area (Å²) in [5.41, 5.74) is 1.86. The molecule has 6 heteroatoms. The summed E-state index contributed by atoms with van der Waals surface area (Å²) in [6, 6.07) is 9.73. The van der Waals surface area contributed by atoms with Gasteiger partial charge in [-0.3, -0.25) is 14.6 Å². The van der Waals surface area contributed by atoms with Gasteiger partial charge in [-0.15, -0.1) is 11.3 Å². The maximum Gasteiger partial charge on any atom is 0.264 e. The Morgan fingerprint density at radius 1 is 1.29 bits per heavy atom. The topological polar surface area (TPSA) is 53.5 Å². The minimum atomic E-state index is -0.00286. The summed E-state index contributed by atoms with van der Waals surface area (Å²) in [7, 11) is 0. The summed E-state index contributed by atoms with van der Waals surface area (Å²) in [5, 5.41) is 1.91. The van der Waals surface area contributed by atoms with Crippen molar-refractivity contribution in [2.75, 3.05) is 6.54 Å². The first-order chi connectivity index (χ1) is 11.6. The molecule has 0 saturated carbocycles. The molecular weight excluding hydrogens is 322 g/mol. The highest BCUT2D eigenvalue weighted by Crippen LogP contribution is 2.34. The third-order valence-electron chi connectivity index (χ3n) is 4.89. The monoisotopic (exact) mass is 341 g/mol. The SMILES string of the molecule is Cc1cccc(CN2C(=O)C[C@H]3[C@H]2CCN3C(=O)c2cccs2)n1. The van der Waals surface area contributed by atoms with E-state index in [-0.39, 0.29) is 23.9 Å². The van der Waals surface area contributed by atoms with Crippen molar-refractivity contribution >= 4 is 23.2 Å². The number of rotatable bonds is 3. The van der Waals surface area contributed by atoms with Crippen LogP contribution in [0.1, 0.15) is 33.9 Å². The fraction of sp³-hybridized carbons (Fsp3) is 0.389. The van der Waals surface area contributed by atoms with Crippen molar-refractivity contribution in [1.29, 1.82) is 0 Å². The van der Waals surface area contributed by atoms with Crippen LogP contribution in [0.4, 0.5) is 0 Å². The summed E-state index contributed by atoms with van der Waals surface area (Å²) < 4.78 is 0. The molecule has 2 amide bonds. The van der Waals surface area contributed by atoms with Crippen LogP contribution >= 0.6 is 11.3 Å². The summed E-state index contributed by atoms with van der Waals surface area (Å²) in [4.78, 5) is 34.2. The Hall–Kier alpha value is -2.21. The highest BCUT2D eigenvalue weighted by Gasteiger charge is 2.48. The molecule has 0 spiro atoms. The number of likely N-dealkylation sites (tertiary alicyclic amines) is 2. The number of pyridine rings is 1. The number of amides is 2. The minimum Gasteiger partial charge on any atom is -0.332 e. The van der Waals surface area contributed by atoms with Crippen molar-refractivity contribution in [3.8, 4) is 0 Å². The molecule has 4 heterocycles. The fourth-order valence-electron chi connectivity index (χ4n) is 3.79. The van der Waals surface area contributed by atoms with E-state index >= 15 is 0 Å². The van der Waals surface area contributed by atoms with Gasteiger partial charge in [-0.05, 0) is 36.9 Å². The first-order valence-corrected chi connectivity index (χ1v) is 9.08. The molecule has 0 aromatic carbocycles. The normalized spacial score (nSPS) is 23.0. The zero-order chi connectivity index (χ0) is 16.7. The molecular formula is C18H19N3O2S. The van der Waals surface area contributed by atoms with Gasteiger partial charge < -0.3 is 9.80 Å². The maximum absolute atomic E-state index is 12.7. The smallest absolute Gasteiger partial charge is 0.264 e. The van der Waals surface area contributed by atoms with E-state index in [0.29, 0.717) is 13.0 Å². The first-order valence-electron chi connectivity index (χ1n) is 8.20. The van der Waals surface area contributed by atoms with Crippen LogP contribution in [-0.2, 0) is 11.3 Å². The molecule has 2 aliphatic heterocycles. The lowest BCUT2D eigenvalue weighted by Crippen LogP contribution is -2.39. The lowest BCUT2D eigenvalue weighted by Gasteiger charge is -2.25. The van der Waals surface area contributed by atoms with Crippen LogP contribution < -0.4 is 0 Å². The minimum absolute atomic E-state index is 0.00286. The van der Waals surface area contributed by atoms with E-state index in [1.54, 1.807) is 0 Å². The van der Waals surface area contributed by atoms with E-state index in [1.165, 1.54) is 11.3 Å². The molecule has 0 aliphatic carbocycles. The molecule has 2 aliphatic rings. The van der Waals surface area contributed by atoms with Gasteiger partial charge >= 0.3 is 0 Å². The molecule has 124 valence electrons. The van der Waals surface area contributed by atoms with E-state index < -0.39 is 0 Å². The number of nitrogens with zero attached hydrogens (tertiary/aromatic N) is 3. The molecule has 2 atom stereocenters. The highest BCUT2D eigenvalue weighted by molar-refractivity contribution is 7.12. The molecule has 0 N–H and O–H groups in total. The lowest BCUT2D eigenvalue weighted by molar-refractivity contribution is -0.129. The molecule has 4 rings (SSSR count). The van der Waals surface area contributed by atoms with Crippen LogP contribution in [0.15, 0.2) is 35.7 Å². The van der Waals surface area contributed by atoms with Crippen molar-refractivity contribution in [2.24, 2.45) is 0 Å². The van der Waals surface area contributed by atoms with E-state index in [4.69, 9.17) is 0 Å². The zero-order valence-corrected chi connectivity index (χ0v) is 14.3. The molecule has 24 heavy (non-hydrogen) atoms. The Bertz CT molecular complexity index is 774. The van der Waals surface area contributed by atoms with Crippen molar-refractivity contribution in [3.63, 3.8) is 0 Å². The second-order valence-electron chi connectivity index (χ2n) is 6.40. The van der Waals surface area contributed by atoms with E-state index in [9.17, 15) is 9.59 Å².